The van der Waals surface area contributed by atoms with Gasteiger partial charge < -0.3 is 15.2 Å². The maximum absolute atomic E-state index is 9.75. The molecule has 0 aromatic carbocycles. The van der Waals surface area contributed by atoms with E-state index in [1.54, 1.807) is 0 Å². The maximum Gasteiger partial charge on any atom is 0.0897 e. The molecular formula is C16H35NO2S. The van der Waals surface area contributed by atoms with E-state index in [1.165, 1.54) is 32.1 Å². The second-order valence-corrected chi connectivity index (χ2v) is 6.81. The Hall–Kier alpha value is 0.230. The number of aliphatic hydroxyl groups is 1. The van der Waals surface area contributed by atoms with Crippen LogP contribution in [0.1, 0.15) is 58.8 Å². The van der Waals surface area contributed by atoms with E-state index in [2.05, 4.69) is 25.4 Å². The van der Waals surface area contributed by atoms with Crippen LogP contribution in [0.15, 0.2) is 0 Å². The third kappa shape index (κ3) is 14.6. The second-order valence-electron chi connectivity index (χ2n) is 5.54. The number of hydrogen-bond donors (Lipinski definition) is 2. The molecule has 0 heterocycles. The lowest BCUT2D eigenvalue weighted by Crippen LogP contribution is -2.31. The lowest BCUT2D eigenvalue weighted by atomic mass is 10.1. The van der Waals surface area contributed by atoms with Crippen molar-refractivity contribution in [3.8, 4) is 0 Å². The van der Waals surface area contributed by atoms with Gasteiger partial charge in [0.2, 0.25) is 0 Å². The standard InChI is InChI=1S/C16H35NO2S/c1-4-5-6-7-8-9-12-19-14-16(18)13-17-11-10-15(2)20-3/h15-18H,4-14H2,1-3H3. The monoisotopic (exact) mass is 305 g/mol. The number of aliphatic hydroxyl groups excluding tert-OH is 1. The largest absolute Gasteiger partial charge is 0.389 e. The molecule has 0 spiro atoms. The van der Waals surface area contributed by atoms with Crippen molar-refractivity contribution in [2.45, 2.75) is 70.1 Å². The Bertz CT molecular complexity index is 193. The van der Waals surface area contributed by atoms with Crippen LogP contribution in [0.2, 0.25) is 0 Å². The summed E-state index contributed by atoms with van der Waals surface area (Å²) in [6.07, 6.45) is 10.6. The molecule has 122 valence electrons. The van der Waals surface area contributed by atoms with Crippen LogP contribution in [-0.4, -0.2) is 49.0 Å². The zero-order chi connectivity index (χ0) is 15.1. The minimum absolute atomic E-state index is 0.375. The molecular weight excluding hydrogens is 270 g/mol. The molecule has 2 unspecified atom stereocenters. The first-order chi connectivity index (χ1) is 9.70. The molecule has 0 aromatic rings. The van der Waals surface area contributed by atoms with Crippen molar-refractivity contribution in [1.82, 2.24) is 5.32 Å². The van der Waals surface area contributed by atoms with E-state index in [1.807, 2.05) is 11.8 Å². The smallest absolute Gasteiger partial charge is 0.0897 e. The zero-order valence-electron chi connectivity index (χ0n) is 13.7. The van der Waals surface area contributed by atoms with Gasteiger partial charge in [-0.15, -0.1) is 0 Å². The lowest BCUT2D eigenvalue weighted by molar-refractivity contribution is 0.0355. The summed E-state index contributed by atoms with van der Waals surface area (Å²) < 4.78 is 5.51. The van der Waals surface area contributed by atoms with Crippen LogP contribution in [0, 0.1) is 0 Å². The van der Waals surface area contributed by atoms with Crippen molar-refractivity contribution in [3.63, 3.8) is 0 Å². The van der Waals surface area contributed by atoms with Gasteiger partial charge in [-0.25, -0.2) is 0 Å². The molecule has 0 aliphatic carbocycles. The van der Waals surface area contributed by atoms with Gasteiger partial charge in [0.25, 0.3) is 0 Å². The van der Waals surface area contributed by atoms with E-state index in [-0.39, 0.29) is 6.10 Å². The van der Waals surface area contributed by atoms with E-state index in [9.17, 15) is 5.11 Å². The van der Waals surface area contributed by atoms with E-state index in [0.717, 1.165) is 26.0 Å². The van der Waals surface area contributed by atoms with Gasteiger partial charge in [-0.1, -0.05) is 46.0 Å². The van der Waals surface area contributed by atoms with Gasteiger partial charge in [-0.2, -0.15) is 11.8 Å². The SMILES string of the molecule is CCCCCCCCOCC(O)CNCCC(C)SC. The summed E-state index contributed by atoms with van der Waals surface area (Å²) in [5.74, 6) is 0. The molecule has 0 radical (unpaired) electrons. The first kappa shape index (κ1) is 20.2. The third-order valence-electron chi connectivity index (χ3n) is 3.46. The van der Waals surface area contributed by atoms with Gasteiger partial charge in [0.1, 0.15) is 0 Å². The summed E-state index contributed by atoms with van der Waals surface area (Å²) in [5.41, 5.74) is 0. The molecule has 0 saturated carbocycles. The zero-order valence-corrected chi connectivity index (χ0v) is 14.5. The third-order valence-corrected chi connectivity index (χ3v) is 4.50. The summed E-state index contributed by atoms with van der Waals surface area (Å²) in [6.45, 7) is 7.31. The highest BCUT2D eigenvalue weighted by molar-refractivity contribution is 7.99. The topological polar surface area (TPSA) is 41.5 Å². The molecule has 20 heavy (non-hydrogen) atoms. The summed E-state index contributed by atoms with van der Waals surface area (Å²) in [5, 5.41) is 13.7. The Labute approximate surface area is 130 Å². The van der Waals surface area contributed by atoms with Gasteiger partial charge in [-0.3, -0.25) is 0 Å². The van der Waals surface area contributed by atoms with Crippen molar-refractivity contribution in [2.75, 3.05) is 32.6 Å². The predicted octanol–water partition coefficient (Wildman–Crippen LogP) is 3.46. The summed E-state index contributed by atoms with van der Waals surface area (Å²) in [7, 11) is 0. The van der Waals surface area contributed by atoms with Crippen molar-refractivity contribution in [2.24, 2.45) is 0 Å². The Kier molecular flexibility index (Phi) is 15.8. The van der Waals surface area contributed by atoms with Crippen LogP contribution in [0.3, 0.4) is 0 Å². The number of hydrogen-bond acceptors (Lipinski definition) is 4. The molecule has 0 fully saturated rings. The minimum Gasteiger partial charge on any atom is -0.389 e. The highest BCUT2D eigenvalue weighted by Crippen LogP contribution is 2.08. The van der Waals surface area contributed by atoms with Gasteiger partial charge >= 0.3 is 0 Å². The fraction of sp³-hybridized carbons (Fsp3) is 1.00. The Balaban J connectivity index is 3.18. The number of ether oxygens (including phenoxy) is 1. The predicted molar refractivity (Wildman–Crippen MR) is 90.7 cm³/mol. The fourth-order valence-corrected chi connectivity index (χ4v) is 2.31. The van der Waals surface area contributed by atoms with Gasteiger partial charge in [0.15, 0.2) is 0 Å². The number of nitrogens with one attached hydrogen (secondary N) is 1. The Morgan fingerprint density at radius 3 is 2.55 bits per heavy atom. The molecule has 0 bridgehead atoms. The second kappa shape index (κ2) is 15.6. The average molecular weight is 306 g/mol. The molecule has 0 aliphatic heterocycles. The van der Waals surface area contributed by atoms with Crippen molar-refractivity contribution < 1.29 is 9.84 Å². The molecule has 3 nitrogen and oxygen atoms in total. The first-order valence-electron chi connectivity index (χ1n) is 8.20. The molecule has 0 amide bonds. The molecule has 0 rings (SSSR count). The van der Waals surface area contributed by atoms with Crippen molar-refractivity contribution in [3.05, 3.63) is 0 Å². The van der Waals surface area contributed by atoms with Crippen LogP contribution in [0.25, 0.3) is 0 Å². The fourth-order valence-electron chi connectivity index (χ4n) is 1.95. The Morgan fingerprint density at radius 1 is 1.15 bits per heavy atom. The summed E-state index contributed by atoms with van der Waals surface area (Å²) in [6, 6.07) is 0. The molecule has 2 atom stereocenters. The number of thioether (sulfide) groups is 1. The normalized spacial score (nSPS) is 14.4. The van der Waals surface area contributed by atoms with Gasteiger partial charge in [0.05, 0.1) is 12.7 Å². The summed E-state index contributed by atoms with van der Waals surface area (Å²) in [4.78, 5) is 0. The van der Waals surface area contributed by atoms with E-state index in [4.69, 9.17) is 4.74 Å². The van der Waals surface area contributed by atoms with Crippen LogP contribution in [-0.2, 0) is 4.74 Å². The first-order valence-corrected chi connectivity index (χ1v) is 9.48. The van der Waals surface area contributed by atoms with Crippen LogP contribution in [0.5, 0.6) is 0 Å². The quantitative estimate of drug-likeness (QED) is 0.455. The molecule has 0 saturated heterocycles. The van der Waals surface area contributed by atoms with E-state index < -0.39 is 0 Å². The average Bonchev–Trinajstić information content (AvgIpc) is 2.46. The highest BCUT2D eigenvalue weighted by Gasteiger charge is 2.04. The molecule has 0 aromatic heterocycles. The number of unbranched alkanes of at least 4 members (excludes halogenated alkanes) is 5. The maximum atomic E-state index is 9.75. The van der Waals surface area contributed by atoms with Gasteiger partial charge in [-0.05, 0) is 25.6 Å². The lowest BCUT2D eigenvalue weighted by Gasteiger charge is -2.13. The van der Waals surface area contributed by atoms with Crippen LogP contribution < -0.4 is 5.32 Å². The van der Waals surface area contributed by atoms with E-state index >= 15 is 0 Å². The van der Waals surface area contributed by atoms with Crippen LogP contribution >= 0.6 is 11.8 Å². The van der Waals surface area contributed by atoms with Crippen molar-refractivity contribution >= 4 is 11.8 Å². The minimum atomic E-state index is -0.375. The summed E-state index contributed by atoms with van der Waals surface area (Å²) >= 11 is 1.88. The highest BCUT2D eigenvalue weighted by atomic mass is 32.2. The molecule has 0 aliphatic rings. The van der Waals surface area contributed by atoms with Crippen molar-refractivity contribution in [1.29, 1.82) is 0 Å². The van der Waals surface area contributed by atoms with Gasteiger partial charge in [0, 0.05) is 18.4 Å². The number of rotatable bonds is 15. The van der Waals surface area contributed by atoms with Crippen LogP contribution in [0.4, 0.5) is 0 Å². The molecule has 4 heteroatoms. The Morgan fingerprint density at radius 2 is 1.85 bits per heavy atom. The van der Waals surface area contributed by atoms with E-state index in [0.29, 0.717) is 18.4 Å². The molecule has 2 N–H and O–H groups in total.